The minimum absolute atomic E-state index is 0. The number of aromatic amines is 3. The van der Waals surface area contributed by atoms with E-state index in [1.54, 1.807) is 46.6 Å². The van der Waals surface area contributed by atoms with Crippen molar-refractivity contribution in [3.8, 4) is 0 Å². The Morgan fingerprint density at radius 1 is 0.480 bits per heavy atom. The molecule has 3 saturated heterocycles. The number of piperidine rings is 3. The molecule has 3 fully saturated rings. The van der Waals surface area contributed by atoms with Gasteiger partial charge in [-0.3, -0.25) is 24.9 Å². The van der Waals surface area contributed by atoms with Gasteiger partial charge in [0, 0.05) is 74.6 Å². The number of fused-ring (bicyclic) bond motifs is 3. The van der Waals surface area contributed by atoms with Crippen LogP contribution in [-0.4, -0.2) is 150 Å². The summed E-state index contributed by atoms with van der Waals surface area (Å²) in [7, 11) is 0. The molecule has 0 radical (unpaired) electrons. The molecule has 12 rings (SSSR count). The number of carbonyl (C=O) groups excluding carboxylic acids is 6. The summed E-state index contributed by atoms with van der Waals surface area (Å²) in [5, 5.41) is 27.3. The van der Waals surface area contributed by atoms with Gasteiger partial charge in [-0.1, -0.05) is 43.8 Å². The van der Waals surface area contributed by atoms with Gasteiger partial charge >= 0.3 is 36.9 Å². The maximum absolute atomic E-state index is 14.0. The van der Waals surface area contributed by atoms with Gasteiger partial charge < -0.3 is 39.7 Å². The number of amides is 4. The van der Waals surface area contributed by atoms with Crippen molar-refractivity contribution in [3.63, 3.8) is 0 Å². The van der Waals surface area contributed by atoms with Gasteiger partial charge in [-0.15, -0.1) is 24.8 Å². The summed E-state index contributed by atoms with van der Waals surface area (Å²) < 4.78 is 171. The summed E-state index contributed by atoms with van der Waals surface area (Å²) in [5.41, 5.74) is 1.54. The minimum atomic E-state index is -4.78. The van der Waals surface area contributed by atoms with Crippen molar-refractivity contribution in [1.29, 1.82) is 0 Å². The summed E-state index contributed by atoms with van der Waals surface area (Å²) >= 11 is 0. The third-order valence-corrected chi connectivity index (χ3v) is 17.5. The van der Waals surface area contributed by atoms with E-state index in [1.807, 2.05) is 20.8 Å². The maximum atomic E-state index is 14.0. The number of halogens is 14. The van der Waals surface area contributed by atoms with Crippen LogP contribution in [0.1, 0.15) is 193 Å². The fourth-order valence-electron chi connectivity index (χ4n) is 12.9. The molecular weight excluding hydrogens is 1410 g/mol. The van der Waals surface area contributed by atoms with Crippen LogP contribution in [0, 0.1) is 17.5 Å². The van der Waals surface area contributed by atoms with Gasteiger partial charge in [0.05, 0.1) is 47.4 Å². The summed E-state index contributed by atoms with van der Waals surface area (Å²) in [6.45, 7) is 16.7. The van der Waals surface area contributed by atoms with Crippen LogP contribution in [-0.2, 0) is 76.5 Å². The molecule has 9 heterocycles. The second-order valence-electron chi connectivity index (χ2n) is 26.5. The Morgan fingerprint density at radius 3 is 1.27 bits per heavy atom. The summed E-state index contributed by atoms with van der Waals surface area (Å²) in [6, 6.07) is 10.5. The number of rotatable bonds is 5. The van der Waals surface area contributed by atoms with Crippen molar-refractivity contribution in [3.05, 3.63) is 157 Å². The third kappa shape index (κ3) is 21.7. The molecule has 0 atom stereocenters. The average Bonchev–Trinajstić information content (AvgIpc) is 1.22. The highest BCUT2D eigenvalue weighted by molar-refractivity contribution is 5.95. The molecule has 0 saturated carbocycles. The molecule has 0 spiro atoms. The van der Waals surface area contributed by atoms with Gasteiger partial charge in [-0.05, 0) is 165 Å². The number of alkyl halides is 9. The summed E-state index contributed by atoms with van der Waals surface area (Å²) in [4.78, 5) is 72.9. The number of nitrogens with one attached hydrogen (secondary N) is 5. The lowest BCUT2D eigenvalue weighted by atomic mass is 9.86. The number of nitrogens with zero attached hydrogens (tertiary/aromatic N) is 7. The normalized spacial score (nSPS) is 16.6. The molecule has 0 bridgehead atoms. The first kappa shape index (κ1) is 84.5. The smallest absolute Gasteiger partial charge is 0.419 e. The predicted molar refractivity (Wildman–Crippen MR) is 353 cm³/mol. The van der Waals surface area contributed by atoms with Crippen molar-refractivity contribution in [2.24, 2.45) is 0 Å². The lowest BCUT2D eigenvalue weighted by Gasteiger charge is -2.33. The van der Waals surface area contributed by atoms with Crippen LogP contribution in [0.5, 0.6) is 0 Å². The molecule has 0 unspecified atom stereocenters. The molecule has 6 aliphatic heterocycles. The molecule has 20 nitrogen and oxygen atoms in total. The van der Waals surface area contributed by atoms with Crippen molar-refractivity contribution < 1.29 is 90.9 Å². The van der Waals surface area contributed by atoms with Crippen LogP contribution in [0.15, 0.2) is 60.8 Å². The fraction of sp³-hybridized carbons (Fsp3) is 0.529. The van der Waals surface area contributed by atoms with Crippen LogP contribution < -0.4 is 10.6 Å². The molecule has 34 heteroatoms. The number of hydrogen-bond donors (Lipinski definition) is 5. The Morgan fingerprint density at radius 2 is 0.863 bits per heavy atom. The van der Waals surface area contributed by atoms with Crippen LogP contribution in [0.3, 0.4) is 0 Å². The Balaban J connectivity index is 0.000000250. The standard InChI is InChI=1S/C24H28F4N4O3.C19H20F4N4O.C12H13F4N.C11H17N3O2.CO2.CH4.2ClH/c1-23(2,3)35-22(34)32-12-9-16-18(13-32)29-30-20(16)21(33)31-10-7-14(8-11-31)15-5-4-6-17(25)19(15)24(26,27)28;20-14-3-1-2-12(16(14)19(21,22)23)11-5-8-27(9-6-11)18(28)17-13-4-7-24-10-15(13)25-26-17;13-10-3-1-2-9(11(10)12(14,15)16)8-4-6-17-7-5-8;1-11(2,3)16-10(15)14-5-4-9-8(7-14)6-12-13-9;2-1-3;;;/h4-6,14H,7-13H2,1-3H3,(H,29,30);1-3,11,24H,4-10H2,(H,25,26);1-3,8,17H,4-7H2;6H,4-5,7H2,1-3H3,(H,12,13);;1H4;2*1H. The number of H-pyrrole nitrogens is 3. The second-order valence-corrected chi connectivity index (χ2v) is 26.5. The van der Waals surface area contributed by atoms with Crippen molar-refractivity contribution >= 4 is 55.0 Å². The van der Waals surface area contributed by atoms with Gasteiger partial charge in [0.1, 0.15) is 28.7 Å². The largest absolute Gasteiger partial charge is 0.444 e. The lowest BCUT2D eigenvalue weighted by molar-refractivity contribution is -0.191. The molecular formula is C68H84Cl2F12N12O8. The first-order chi connectivity index (χ1) is 46.6. The lowest BCUT2D eigenvalue weighted by Crippen LogP contribution is -2.41. The van der Waals surface area contributed by atoms with Crippen molar-refractivity contribution in [2.75, 3.05) is 58.9 Å². The minimum Gasteiger partial charge on any atom is -0.444 e. The molecule has 562 valence electrons. The Hall–Kier alpha value is -8.19. The van der Waals surface area contributed by atoms with E-state index < -0.39 is 81.8 Å². The predicted octanol–water partition coefficient (Wildman–Crippen LogP) is 14.0. The quantitative estimate of drug-likeness (QED) is 0.101. The monoisotopic (exact) mass is 1490 g/mol. The zero-order chi connectivity index (χ0) is 72.4. The molecule has 3 aromatic carbocycles. The van der Waals surface area contributed by atoms with Crippen LogP contribution in [0.4, 0.5) is 62.3 Å². The van der Waals surface area contributed by atoms with Gasteiger partial charge in [0.25, 0.3) is 11.8 Å². The number of likely N-dealkylation sites (tertiary alicyclic amines) is 2. The van der Waals surface area contributed by atoms with Crippen molar-refractivity contribution in [2.45, 2.75) is 174 Å². The van der Waals surface area contributed by atoms with Crippen LogP contribution in [0.25, 0.3) is 0 Å². The highest BCUT2D eigenvalue weighted by atomic mass is 35.5. The number of benzene rings is 3. The zero-order valence-corrected chi connectivity index (χ0v) is 57.7. The Bertz CT molecular complexity index is 3820. The van der Waals surface area contributed by atoms with E-state index in [2.05, 4.69) is 41.2 Å². The zero-order valence-electron chi connectivity index (χ0n) is 56.1. The van der Waals surface area contributed by atoms with E-state index >= 15 is 0 Å². The second kappa shape index (κ2) is 35.8. The van der Waals surface area contributed by atoms with Gasteiger partial charge in [0.15, 0.2) is 11.4 Å². The number of ether oxygens (including phenoxy) is 2. The number of hydrogen-bond acceptors (Lipinski definition) is 13. The molecule has 102 heavy (non-hydrogen) atoms. The molecule has 6 aromatic rings. The van der Waals surface area contributed by atoms with E-state index in [0.29, 0.717) is 102 Å². The molecule has 6 aliphatic rings. The summed E-state index contributed by atoms with van der Waals surface area (Å²) in [5.74, 6) is -5.35. The third-order valence-electron chi connectivity index (χ3n) is 17.5. The molecule has 3 aromatic heterocycles. The van der Waals surface area contributed by atoms with Gasteiger partial charge in [-0.25, -0.2) is 22.8 Å². The highest BCUT2D eigenvalue weighted by Crippen LogP contribution is 2.43. The first-order valence-electron chi connectivity index (χ1n) is 32.2. The molecule has 5 N–H and O–H groups in total. The van der Waals surface area contributed by atoms with E-state index in [0.717, 1.165) is 59.2 Å². The van der Waals surface area contributed by atoms with Gasteiger partial charge in [0.2, 0.25) is 0 Å². The van der Waals surface area contributed by atoms with E-state index in [-0.39, 0.29) is 117 Å². The SMILES string of the molecule is C.CC(C)(C)OC(=O)N1CCc2[nH]ncc2C1.CC(C)(C)OC(=O)N1CCc2c(C(=O)N3CCC(c4cccc(F)c4C(F)(F)F)CC3)n[nH]c2C1.Cl.Cl.Fc1cccc(C2CCNCC2)c1C(F)(F)F.O=C(c1n[nH]c2c1CCNC2)N1CCC(c2cccc(F)c2C(F)(F)F)CC1.O=C=O. The fourth-order valence-corrected chi connectivity index (χ4v) is 12.9. The highest BCUT2D eigenvalue weighted by Gasteiger charge is 2.43. The maximum Gasteiger partial charge on any atom is 0.419 e. The number of aromatic nitrogens is 6. The van der Waals surface area contributed by atoms with Gasteiger partial charge in [-0.2, -0.15) is 64.4 Å². The van der Waals surface area contributed by atoms with E-state index in [4.69, 9.17) is 19.1 Å². The number of carbonyl (C=O) groups is 4. The van der Waals surface area contributed by atoms with Crippen molar-refractivity contribution in [1.82, 2.24) is 60.8 Å². The average molecular weight is 1500 g/mol. The summed E-state index contributed by atoms with van der Waals surface area (Å²) in [6.07, 6.45) is -8.34. The van der Waals surface area contributed by atoms with E-state index in [9.17, 15) is 71.9 Å². The topological polar surface area (TPSA) is 244 Å². The van der Waals surface area contributed by atoms with Crippen LogP contribution >= 0.6 is 24.8 Å². The molecule has 0 aliphatic carbocycles. The Kier molecular flexibility index (Phi) is 29.7. The Labute approximate surface area is 593 Å². The van der Waals surface area contributed by atoms with Crippen LogP contribution in [0.2, 0.25) is 0 Å². The molecule has 4 amide bonds. The van der Waals surface area contributed by atoms with E-state index in [1.165, 1.54) is 36.4 Å². The first-order valence-corrected chi connectivity index (χ1v) is 32.2.